The lowest BCUT2D eigenvalue weighted by Gasteiger charge is -1.76. The van der Waals surface area contributed by atoms with Crippen molar-refractivity contribution in [3.63, 3.8) is 0 Å². The van der Waals surface area contributed by atoms with Gasteiger partial charge in [-0.3, -0.25) is 0 Å². The number of hydrogen-bond donors (Lipinski definition) is 0. The van der Waals surface area contributed by atoms with Gasteiger partial charge < -0.3 is 0 Å². The number of rotatable bonds is 2. The van der Waals surface area contributed by atoms with E-state index >= 15 is 0 Å². The van der Waals surface area contributed by atoms with Crippen molar-refractivity contribution >= 4 is 34.2 Å². The van der Waals surface area contributed by atoms with Gasteiger partial charge in [0.15, 0.2) is 0 Å². The van der Waals surface area contributed by atoms with Gasteiger partial charge in [0.25, 0.3) is 0 Å². The van der Waals surface area contributed by atoms with E-state index in [9.17, 15) is 0 Å². The van der Waals surface area contributed by atoms with Gasteiger partial charge in [-0.2, -0.15) is 0 Å². The molecule has 14 heavy (non-hydrogen) atoms. The van der Waals surface area contributed by atoms with Crippen LogP contribution in [0.3, 0.4) is 0 Å². The van der Waals surface area contributed by atoms with Crippen LogP contribution in [0.25, 0.3) is 0 Å². The number of hydrogen-bond acceptors (Lipinski definition) is 2. The SMILES string of the molecule is CC=CC.CCC(C)=S.CCC(C)=S. The lowest BCUT2D eigenvalue weighted by Crippen LogP contribution is -1.75. The molecule has 0 aromatic carbocycles. The molecular weight excluding hydrogens is 208 g/mol. The molecule has 2 heteroatoms. The van der Waals surface area contributed by atoms with Crippen molar-refractivity contribution in [1.29, 1.82) is 0 Å². The van der Waals surface area contributed by atoms with Crippen molar-refractivity contribution in [3.05, 3.63) is 12.2 Å². The van der Waals surface area contributed by atoms with E-state index in [4.69, 9.17) is 24.4 Å². The quantitative estimate of drug-likeness (QED) is 0.477. The van der Waals surface area contributed by atoms with Gasteiger partial charge in [0.1, 0.15) is 0 Å². The number of allylic oxidation sites excluding steroid dienone is 2. The highest BCUT2D eigenvalue weighted by atomic mass is 32.1. The molecule has 0 spiro atoms. The minimum absolute atomic E-state index is 1.04. The fraction of sp³-hybridized carbons (Fsp3) is 0.667. The third-order valence-corrected chi connectivity index (χ3v) is 1.91. The Labute approximate surface area is 101 Å². The number of thiocarbonyl (C=S) groups is 2. The fourth-order valence-electron chi connectivity index (χ4n) is 0. The molecule has 0 N–H and O–H groups in total. The lowest BCUT2D eigenvalue weighted by atomic mass is 10.4. The van der Waals surface area contributed by atoms with E-state index in [0.29, 0.717) is 0 Å². The van der Waals surface area contributed by atoms with E-state index in [1.165, 1.54) is 0 Å². The summed E-state index contributed by atoms with van der Waals surface area (Å²) in [6, 6.07) is 0. The molecule has 0 heterocycles. The molecule has 0 nitrogen and oxygen atoms in total. The van der Waals surface area contributed by atoms with E-state index in [1.807, 2.05) is 39.8 Å². The minimum atomic E-state index is 1.04. The molecule has 0 aromatic rings. The van der Waals surface area contributed by atoms with Gasteiger partial charge in [0.05, 0.1) is 0 Å². The Morgan fingerprint density at radius 1 is 0.857 bits per heavy atom. The van der Waals surface area contributed by atoms with E-state index in [0.717, 1.165) is 22.6 Å². The lowest BCUT2D eigenvalue weighted by molar-refractivity contribution is 1.31. The first-order valence-corrected chi connectivity index (χ1v) is 5.83. The summed E-state index contributed by atoms with van der Waals surface area (Å²) in [5, 5.41) is 0. The predicted molar refractivity (Wildman–Crippen MR) is 77.6 cm³/mol. The van der Waals surface area contributed by atoms with E-state index in [-0.39, 0.29) is 0 Å². The molecule has 0 saturated heterocycles. The minimum Gasteiger partial charge on any atom is -0.0919 e. The molecule has 0 bridgehead atoms. The first-order valence-electron chi connectivity index (χ1n) is 5.02. The standard InChI is InChI=1S/2C4H8S.C4H8/c2*1-3-4(2)5;1-3-4-2/h2*3H2,1-2H3;3-4H,1-2H3. The van der Waals surface area contributed by atoms with Gasteiger partial charge in [-0.1, -0.05) is 50.4 Å². The van der Waals surface area contributed by atoms with Crippen LogP contribution in [0.15, 0.2) is 12.2 Å². The molecule has 0 aliphatic rings. The molecular formula is C12H24S2. The van der Waals surface area contributed by atoms with Crippen molar-refractivity contribution in [3.8, 4) is 0 Å². The van der Waals surface area contributed by atoms with Gasteiger partial charge >= 0.3 is 0 Å². The molecule has 0 aliphatic heterocycles. The van der Waals surface area contributed by atoms with Crippen LogP contribution in [0.1, 0.15) is 54.4 Å². The molecule has 0 aromatic heterocycles. The van der Waals surface area contributed by atoms with Crippen LogP contribution in [0, 0.1) is 0 Å². The van der Waals surface area contributed by atoms with Gasteiger partial charge in [-0.15, -0.1) is 0 Å². The second-order valence-corrected chi connectivity index (χ2v) is 4.17. The van der Waals surface area contributed by atoms with Crippen molar-refractivity contribution in [1.82, 2.24) is 0 Å². The van der Waals surface area contributed by atoms with E-state index in [1.54, 1.807) is 0 Å². The first kappa shape index (κ1) is 19.5. The zero-order valence-electron chi connectivity index (χ0n) is 10.4. The van der Waals surface area contributed by atoms with Crippen molar-refractivity contribution in [2.45, 2.75) is 54.4 Å². The Balaban J connectivity index is -0.000000131. The Kier molecular flexibility index (Phi) is 26.0. The zero-order chi connectivity index (χ0) is 12.0. The zero-order valence-corrected chi connectivity index (χ0v) is 12.0. The van der Waals surface area contributed by atoms with Crippen LogP contribution in [0.4, 0.5) is 0 Å². The van der Waals surface area contributed by atoms with Gasteiger partial charge in [0.2, 0.25) is 0 Å². The maximum atomic E-state index is 4.70. The average molecular weight is 232 g/mol. The van der Waals surface area contributed by atoms with Crippen molar-refractivity contribution in [2.75, 3.05) is 0 Å². The Morgan fingerprint density at radius 3 is 1.00 bits per heavy atom. The third-order valence-electron chi connectivity index (χ3n) is 1.33. The molecule has 0 radical (unpaired) electrons. The summed E-state index contributed by atoms with van der Waals surface area (Å²) >= 11 is 9.39. The third kappa shape index (κ3) is 58.7. The maximum Gasteiger partial charge on any atom is -0.0105 e. The second-order valence-electron chi connectivity index (χ2n) is 2.78. The molecule has 0 amide bonds. The summed E-state index contributed by atoms with van der Waals surface area (Å²) in [6.45, 7) is 12.0. The van der Waals surface area contributed by atoms with Crippen LogP contribution < -0.4 is 0 Å². The van der Waals surface area contributed by atoms with Crippen LogP contribution in [-0.4, -0.2) is 9.73 Å². The van der Waals surface area contributed by atoms with Gasteiger partial charge in [-0.25, -0.2) is 0 Å². The highest BCUT2D eigenvalue weighted by Crippen LogP contribution is 1.78. The van der Waals surface area contributed by atoms with Crippen LogP contribution in [-0.2, 0) is 0 Å². The summed E-state index contributed by atoms with van der Waals surface area (Å²) in [5.41, 5.74) is 0. The highest BCUT2D eigenvalue weighted by molar-refractivity contribution is 7.80. The Morgan fingerprint density at radius 2 is 1.00 bits per heavy atom. The predicted octanol–water partition coefficient (Wildman–Crippen LogP) is 5.15. The molecule has 0 atom stereocenters. The molecule has 0 fully saturated rings. The highest BCUT2D eigenvalue weighted by Gasteiger charge is 1.71. The second kappa shape index (κ2) is 18.7. The van der Waals surface area contributed by atoms with Crippen LogP contribution in [0.5, 0.6) is 0 Å². The smallest absolute Gasteiger partial charge is 0.0105 e. The average Bonchev–Trinajstić information content (AvgIpc) is 2.19. The van der Waals surface area contributed by atoms with Crippen LogP contribution in [0.2, 0.25) is 0 Å². The van der Waals surface area contributed by atoms with E-state index < -0.39 is 0 Å². The maximum absolute atomic E-state index is 4.70. The monoisotopic (exact) mass is 232 g/mol. The topological polar surface area (TPSA) is 0 Å². The molecule has 84 valence electrons. The molecule has 0 rings (SSSR count). The first-order chi connectivity index (χ1) is 6.45. The van der Waals surface area contributed by atoms with Gasteiger partial charge in [0, 0.05) is 0 Å². The van der Waals surface area contributed by atoms with Crippen molar-refractivity contribution < 1.29 is 0 Å². The van der Waals surface area contributed by atoms with Crippen molar-refractivity contribution in [2.24, 2.45) is 0 Å². The Hall–Kier alpha value is -0.0800. The summed E-state index contributed by atoms with van der Waals surface area (Å²) < 4.78 is 0. The normalized spacial score (nSPS) is 8.14. The summed E-state index contributed by atoms with van der Waals surface area (Å²) in [5.74, 6) is 0. The van der Waals surface area contributed by atoms with Gasteiger partial charge in [-0.05, 0) is 50.3 Å². The molecule has 0 saturated carbocycles. The largest absolute Gasteiger partial charge is 0.0919 e. The Bertz CT molecular complexity index is 140. The summed E-state index contributed by atoms with van der Waals surface area (Å²) in [4.78, 5) is 2.18. The molecule has 0 unspecified atom stereocenters. The molecule has 0 aliphatic carbocycles. The summed E-state index contributed by atoms with van der Waals surface area (Å²) in [6.07, 6.45) is 6.07. The van der Waals surface area contributed by atoms with Crippen LogP contribution >= 0.6 is 24.4 Å². The van der Waals surface area contributed by atoms with E-state index in [2.05, 4.69) is 13.8 Å². The summed E-state index contributed by atoms with van der Waals surface area (Å²) in [7, 11) is 0. The fourth-order valence-corrected chi connectivity index (χ4v) is 0.